The smallest absolute Gasteiger partial charge is 0.161 e. The van der Waals surface area contributed by atoms with Crippen molar-refractivity contribution in [3.05, 3.63) is 59.7 Å². The van der Waals surface area contributed by atoms with Crippen LogP contribution in [0.25, 0.3) is 0 Å². The van der Waals surface area contributed by atoms with Crippen LogP contribution in [0.5, 0.6) is 11.5 Å². The number of nitrogens with one attached hydrogen (secondary N) is 1. The molecule has 1 aliphatic heterocycles. The summed E-state index contributed by atoms with van der Waals surface area (Å²) >= 11 is 0. The van der Waals surface area contributed by atoms with Gasteiger partial charge in [0, 0.05) is 6.54 Å². The topological polar surface area (TPSA) is 54.3 Å². The first-order valence-electron chi connectivity index (χ1n) is 10.1. The lowest BCUT2D eigenvalue weighted by Gasteiger charge is -2.33. The Kier molecular flexibility index (Phi) is 6.59. The van der Waals surface area contributed by atoms with Crippen molar-refractivity contribution in [1.82, 2.24) is 5.32 Å². The van der Waals surface area contributed by atoms with Crippen LogP contribution in [-0.4, -0.2) is 25.8 Å². The molecule has 0 spiro atoms. The Hall–Kier alpha value is -2.51. The normalized spacial score (nSPS) is 17.8. The Morgan fingerprint density at radius 2 is 1.86 bits per heavy atom. The number of rotatable bonds is 8. The van der Waals surface area contributed by atoms with Crippen molar-refractivity contribution in [2.24, 2.45) is 5.92 Å². The van der Waals surface area contributed by atoms with E-state index in [-0.39, 0.29) is 12.0 Å². The molecule has 1 aliphatic rings. The van der Waals surface area contributed by atoms with Crippen molar-refractivity contribution >= 4 is 0 Å². The third kappa shape index (κ3) is 4.31. The fraction of sp³-hybridized carbons (Fsp3) is 0.458. The summed E-state index contributed by atoms with van der Waals surface area (Å²) in [4.78, 5) is 0. The maximum Gasteiger partial charge on any atom is 0.161 e. The number of fused-ring (bicyclic) bond motifs is 1. The molecular weight excluding hydrogens is 348 g/mol. The van der Waals surface area contributed by atoms with Gasteiger partial charge in [-0.25, -0.2) is 0 Å². The summed E-state index contributed by atoms with van der Waals surface area (Å²) in [5.74, 6) is 1.88. The summed E-state index contributed by atoms with van der Waals surface area (Å²) in [5, 5.41) is 13.5. The lowest BCUT2D eigenvalue weighted by atomic mass is 9.68. The van der Waals surface area contributed by atoms with Crippen LogP contribution in [0, 0.1) is 24.2 Å². The van der Waals surface area contributed by atoms with Gasteiger partial charge in [0.05, 0.1) is 11.5 Å². The molecule has 0 aromatic heterocycles. The van der Waals surface area contributed by atoms with E-state index >= 15 is 0 Å². The molecule has 0 unspecified atom stereocenters. The highest BCUT2D eigenvalue weighted by molar-refractivity contribution is 5.41. The number of nitrogens with zero attached hydrogens (tertiary/aromatic N) is 1. The summed E-state index contributed by atoms with van der Waals surface area (Å²) in [6, 6.07) is 18.7. The van der Waals surface area contributed by atoms with Gasteiger partial charge in [-0.1, -0.05) is 50.2 Å². The molecule has 0 bridgehead atoms. The number of para-hydroxylation sites is 2. The van der Waals surface area contributed by atoms with Crippen LogP contribution in [-0.2, 0) is 5.41 Å². The van der Waals surface area contributed by atoms with Crippen LogP contribution >= 0.6 is 0 Å². The van der Waals surface area contributed by atoms with Gasteiger partial charge in [-0.2, -0.15) is 5.26 Å². The van der Waals surface area contributed by atoms with Crippen molar-refractivity contribution in [1.29, 1.82) is 5.26 Å². The van der Waals surface area contributed by atoms with Crippen molar-refractivity contribution in [2.45, 2.75) is 45.1 Å². The molecule has 0 saturated carbocycles. The fourth-order valence-electron chi connectivity index (χ4n) is 3.97. The molecule has 0 radical (unpaired) electrons. The maximum absolute atomic E-state index is 10.1. The lowest BCUT2D eigenvalue weighted by molar-refractivity contribution is 0.0904. The summed E-state index contributed by atoms with van der Waals surface area (Å²) in [5.41, 5.74) is 1.90. The second-order valence-electron chi connectivity index (χ2n) is 7.86. The number of aryl methyl sites for hydroxylation is 1. The van der Waals surface area contributed by atoms with Gasteiger partial charge in [0.15, 0.2) is 11.5 Å². The molecule has 3 rings (SSSR count). The van der Waals surface area contributed by atoms with Crippen molar-refractivity contribution in [2.75, 3.05) is 19.7 Å². The fourth-order valence-corrected chi connectivity index (χ4v) is 3.97. The zero-order chi connectivity index (χ0) is 20.0. The molecule has 0 fully saturated rings. The molecule has 148 valence electrons. The van der Waals surface area contributed by atoms with E-state index in [1.807, 2.05) is 36.4 Å². The van der Waals surface area contributed by atoms with Crippen LogP contribution in [0.15, 0.2) is 48.5 Å². The SMILES string of the molecule is Cc1ccccc1[C@](C#N)(CCCNC[C@H]1COc2ccccc2O1)C(C)C. The third-order valence-corrected chi connectivity index (χ3v) is 5.67. The van der Waals surface area contributed by atoms with Gasteiger partial charge in [0.25, 0.3) is 0 Å². The van der Waals surface area contributed by atoms with E-state index in [1.54, 1.807) is 0 Å². The minimum atomic E-state index is -0.448. The van der Waals surface area contributed by atoms with Crippen molar-refractivity contribution in [3.63, 3.8) is 0 Å². The Bertz CT molecular complexity index is 827. The lowest BCUT2D eigenvalue weighted by Crippen LogP contribution is -2.39. The van der Waals surface area contributed by atoms with Crippen LogP contribution < -0.4 is 14.8 Å². The zero-order valence-corrected chi connectivity index (χ0v) is 17.1. The molecule has 4 nitrogen and oxygen atoms in total. The highest BCUT2D eigenvalue weighted by Crippen LogP contribution is 2.38. The van der Waals surface area contributed by atoms with Gasteiger partial charge in [0.2, 0.25) is 0 Å². The number of nitriles is 1. The molecule has 2 aromatic carbocycles. The van der Waals surface area contributed by atoms with Crippen molar-refractivity contribution in [3.8, 4) is 17.6 Å². The van der Waals surface area contributed by atoms with Crippen LogP contribution in [0.1, 0.15) is 37.8 Å². The molecule has 4 heteroatoms. The van der Waals surface area contributed by atoms with Gasteiger partial charge < -0.3 is 14.8 Å². The predicted molar refractivity (Wildman–Crippen MR) is 112 cm³/mol. The van der Waals surface area contributed by atoms with E-state index in [1.165, 1.54) is 5.56 Å². The third-order valence-electron chi connectivity index (χ3n) is 5.67. The molecule has 1 heterocycles. The number of hydrogen-bond acceptors (Lipinski definition) is 4. The molecule has 0 aliphatic carbocycles. The monoisotopic (exact) mass is 378 g/mol. The van der Waals surface area contributed by atoms with E-state index < -0.39 is 5.41 Å². The maximum atomic E-state index is 10.1. The summed E-state index contributed by atoms with van der Waals surface area (Å²) in [6.07, 6.45) is 1.78. The Labute approximate surface area is 168 Å². The first-order valence-corrected chi connectivity index (χ1v) is 10.1. The number of benzene rings is 2. The van der Waals surface area contributed by atoms with E-state index in [4.69, 9.17) is 9.47 Å². The second-order valence-corrected chi connectivity index (χ2v) is 7.86. The summed E-state index contributed by atoms with van der Waals surface area (Å²) in [6.45, 7) is 8.53. The summed E-state index contributed by atoms with van der Waals surface area (Å²) in [7, 11) is 0. The van der Waals surface area contributed by atoms with E-state index in [9.17, 15) is 5.26 Å². The minimum Gasteiger partial charge on any atom is -0.486 e. The molecule has 0 amide bonds. The van der Waals surface area contributed by atoms with E-state index in [0.717, 1.165) is 43.0 Å². The largest absolute Gasteiger partial charge is 0.486 e. The summed E-state index contributed by atoms with van der Waals surface area (Å²) < 4.78 is 11.7. The zero-order valence-electron chi connectivity index (χ0n) is 17.1. The quantitative estimate of drug-likeness (QED) is 0.681. The van der Waals surface area contributed by atoms with Crippen LogP contribution in [0.3, 0.4) is 0 Å². The molecule has 0 saturated heterocycles. The molecular formula is C24H30N2O2. The second kappa shape index (κ2) is 9.12. The molecule has 2 aromatic rings. The van der Waals surface area contributed by atoms with E-state index in [0.29, 0.717) is 6.61 Å². The first-order chi connectivity index (χ1) is 13.6. The van der Waals surface area contributed by atoms with Crippen LogP contribution in [0.2, 0.25) is 0 Å². The molecule has 2 atom stereocenters. The Morgan fingerprint density at radius 1 is 1.14 bits per heavy atom. The first kappa shape index (κ1) is 20.2. The minimum absolute atomic E-state index is 0.0112. The van der Waals surface area contributed by atoms with Gasteiger partial charge in [-0.15, -0.1) is 0 Å². The molecule has 28 heavy (non-hydrogen) atoms. The van der Waals surface area contributed by atoms with Gasteiger partial charge in [0.1, 0.15) is 12.7 Å². The average molecular weight is 379 g/mol. The Balaban J connectivity index is 1.52. The van der Waals surface area contributed by atoms with Crippen LogP contribution in [0.4, 0.5) is 0 Å². The van der Waals surface area contributed by atoms with Crippen molar-refractivity contribution < 1.29 is 9.47 Å². The number of ether oxygens (including phenoxy) is 2. The van der Waals surface area contributed by atoms with E-state index in [2.05, 4.69) is 44.3 Å². The highest BCUT2D eigenvalue weighted by atomic mass is 16.6. The van der Waals surface area contributed by atoms with Gasteiger partial charge >= 0.3 is 0 Å². The highest BCUT2D eigenvalue weighted by Gasteiger charge is 2.36. The average Bonchev–Trinajstić information content (AvgIpc) is 2.71. The predicted octanol–water partition coefficient (Wildman–Crippen LogP) is 4.62. The van der Waals surface area contributed by atoms with Gasteiger partial charge in [-0.3, -0.25) is 0 Å². The molecule has 1 N–H and O–H groups in total. The Morgan fingerprint density at radius 3 is 2.57 bits per heavy atom. The van der Waals surface area contributed by atoms with Gasteiger partial charge in [-0.05, 0) is 55.5 Å². The number of hydrogen-bond donors (Lipinski definition) is 1. The standard InChI is InChI=1S/C24H30N2O2/c1-18(2)24(17-25,21-10-5-4-9-19(21)3)13-8-14-26-15-20-16-27-22-11-6-7-12-23(22)28-20/h4-7,9-12,18,20,26H,8,13-16H2,1-3H3/t20-,24-/m0/s1.